The Hall–Kier alpha value is -1.40. The monoisotopic (exact) mass is 309 g/mol. The van der Waals surface area contributed by atoms with Gasteiger partial charge in [0.05, 0.1) is 25.2 Å². The van der Waals surface area contributed by atoms with E-state index >= 15 is 0 Å². The molecule has 5 nitrogen and oxygen atoms in total. The van der Waals surface area contributed by atoms with Crippen molar-refractivity contribution in [2.45, 2.75) is 32.1 Å². The number of ether oxygens (including phenoxy) is 2. The average molecular weight is 309 g/mol. The molecule has 114 valence electrons. The van der Waals surface area contributed by atoms with Gasteiger partial charge < -0.3 is 14.8 Å². The van der Waals surface area contributed by atoms with Gasteiger partial charge >= 0.3 is 5.97 Å². The summed E-state index contributed by atoms with van der Waals surface area (Å²) in [5.41, 5.74) is 1.63. The molecule has 0 spiro atoms. The molecule has 1 aromatic heterocycles. The van der Waals surface area contributed by atoms with Gasteiger partial charge in [0.2, 0.25) is 5.91 Å². The maximum atomic E-state index is 12.3. The third-order valence-electron chi connectivity index (χ3n) is 4.10. The lowest BCUT2D eigenvalue weighted by atomic mass is 9.95. The number of esters is 1. The number of nitrogens with one attached hydrogen (secondary N) is 1. The van der Waals surface area contributed by atoms with Crippen molar-refractivity contribution in [2.75, 3.05) is 25.6 Å². The van der Waals surface area contributed by atoms with Crippen LogP contribution in [-0.4, -0.2) is 32.2 Å². The van der Waals surface area contributed by atoms with Crippen molar-refractivity contribution < 1.29 is 19.1 Å². The fourth-order valence-electron chi connectivity index (χ4n) is 2.93. The fourth-order valence-corrected chi connectivity index (χ4v) is 4.21. The number of anilines is 1. The lowest BCUT2D eigenvalue weighted by Crippen LogP contribution is -2.23. The predicted octanol–water partition coefficient (Wildman–Crippen LogP) is 2.39. The van der Waals surface area contributed by atoms with Gasteiger partial charge in [-0.1, -0.05) is 0 Å². The molecule has 0 aromatic carbocycles. The number of aryl methyl sites for hydroxylation is 1. The second kappa shape index (κ2) is 6.15. The summed E-state index contributed by atoms with van der Waals surface area (Å²) in [6, 6.07) is 0. The Morgan fingerprint density at radius 3 is 2.86 bits per heavy atom. The van der Waals surface area contributed by atoms with Crippen LogP contribution >= 0.6 is 11.3 Å². The molecule has 1 aromatic rings. The lowest BCUT2D eigenvalue weighted by molar-refractivity contribution is -0.119. The number of hydrogen-bond donors (Lipinski definition) is 1. The smallest absolute Gasteiger partial charge is 0.341 e. The lowest BCUT2D eigenvalue weighted by Gasteiger charge is -2.12. The number of hydrogen-bond acceptors (Lipinski definition) is 5. The van der Waals surface area contributed by atoms with Crippen LogP contribution in [0.15, 0.2) is 0 Å². The zero-order valence-corrected chi connectivity index (χ0v) is 12.9. The molecular formula is C15H19NO4S. The van der Waals surface area contributed by atoms with Gasteiger partial charge in [0.25, 0.3) is 0 Å². The molecule has 1 unspecified atom stereocenters. The van der Waals surface area contributed by atoms with Crippen LogP contribution in [0.25, 0.3) is 0 Å². The van der Waals surface area contributed by atoms with Crippen molar-refractivity contribution >= 4 is 28.2 Å². The summed E-state index contributed by atoms with van der Waals surface area (Å²) in [7, 11) is 1.38. The van der Waals surface area contributed by atoms with Gasteiger partial charge in [-0.2, -0.15) is 0 Å². The van der Waals surface area contributed by atoms with Crippen LogP contribution in [-0.2, 0) is 27.1 Å². The normalized spacial score (nSPS) is 20.9. The van der Waals surface area contributed by atoms with E-state index in [1.807, 2.05) is 0 Å². The Morgan fingerprint density at radius 2 is 2.14 bits per heavy atom. The molecule has 0 bridgehead atoms. The van der Waals surface area contributed by atoms with Crippen molar-refractivity contribution in [1.29, 1.82) is 0 Å². The molecule has 1 amide bonds. The van der Waals surface area contributed by atoms with Gasteiger partial charge in [-0.25, -0.2) is 4.79 Å². The van der Waals surface area contributed by atoms with E-state index in [4.69, 9.17) is 9.47 Å². The van der Waals surface area contributed by atoms with E-state index in [2.05, 4.69) is 5.32 Å². The summed E-state index contributed by atoms with van der Waals surface area (Å²) >= 11 is 1.52. The maximum Gasteiger partial charge on any atom is 0.341 e. The van der Waals surface area contributed by atoms with Crippen LogP contribution in [0.3, 0.4) is 0 Å². The van der Waals surface area contributed by atoms with Crippen LogP contribution in [0.5, 0.6) is 0 Å². The molecule has 1 saturated heterocycles. The Labute approximate surface area is 127 Å². The number of carbonyl (C=O) groups excluding carboxylic acids is 2. The third kappa shape index (κ3) is 2.82. The molecule has 0 saturated carbocycles. The van der Waals surface area contributed by atoms with E-state index in [0.717, 1.165) is 37.7 Å². The van der Waals surface area contributed by atoms with Crippen molar-refractivity contribution in [3.8, 4) is 0 Å². The second-order valence-electron chi connectivity index (χ2n) is 5.46. The molecule has 1 fully saturated rings. The first-order valence-corrected chi connectivity index (χ1v) is 8.13. The number of thiophene rings is 1. The largest absolute Gasteiger partial charge is 0.465 e. The van der Waals surface area contributed by atoms with Gasteiger partial charge in [-0.3, -0.25) is 4.79 Å². The summed E-state index contributed by atoms with van der Waals surface area (Å²) in [6.45, 7) is 1.09. The molecule has 2 aliphatic rings. The first-order chi connectivity index (χ1) is 10.2. The number of amides is 1. The molecule has 21 heavy (non-hydrogen) atoms. The van der Waals surface area contributed by atoms with Crippen LogP contribution < -0.4 is 5.32 Å². The molecule has 6 heteroatoms. The first kappa shape index (κ1) is 14.5. The highest BCUT2D eigenvalue weighted by atomic mass is 32.1. The number of fused-ring (bicyclic) bond motifs is 1. The van der Waals surface area contributed by atoms with Crippen LogP contribution in [0.4, 0.5) is 5.00 Å². The number of carbonyl (C=O) groups is 2. The minimum absolute atomic E-state index is 0.0590. The Bertz CT molecular complexity index is 560. The van der Waals surface area contributed by atoms with Crippen LogP contribution in [0.1, 0.15) is 40.1 Å². The zero-order valence-electron chi connectivity index (χ0n) is 12.1. The van der Waals surface area contributed by atoms with Gasteiger partial charge in [0.1, 0.15) is 5.00 Å². The first-order valence-electron chi connectivity index (χ1n) is 7.32. The Kier molecular flexibility index (Phi) is 4.26. The molecule has 1 aliphatic carbocycles. The number of methoxy groups -OCH3 is 1. The van der Waals surface area contributed by atoms with E-state index in [-0.39, 0.29) is 17.8 Å². The third-order valence-corrected chi connectivity index (χ3v) is 5.31. The minimum atomic E-state index is -0.354. The van der Waals surface area contributed by atoms with Crippen molar-refractivity contribution in [2.24, 2.45) is 5.92 Å². The van der Waals surface area contributed by atoms with E-state index < -0.39 is 0 Å². The summed E-state index contributed by atoms with van der Waals surface area (Å²) in [6.07, 6.45) is 4.82. The average Bonchev–Trinajstić information content (AvgIpc) is 3.13. The SMILES string of the molecule is COC(=O)c1c(NC(=O)C2CCOC2)sc2c1CCCC2. The zero-order chi connectivity index (χ0) is 14.8. The molecule has 3 rings (SSSR count). The fraction of sp³-hybridized carbons (Fsp3) is 0.600. The highest BCUT2D eigenvalue weighted by Gasteiger charge is 2.29. The predicted molar refractivity (Wildman–Crippen MR) is 79.9 cm³/mol. The maximum absolute atomic E-state index is 12.3. The summed E-state index contributed by atoms with van der Waals surface area (Å²) in [5, 5.41) is 3.57. The van der Waals surface area contributed by atoms with Crippen LogP contribution in [0.2, 0.25) is 0 Å². The highest BCUT2D eigenvalue weighted by molar-refractivity contribution is 7.17. The molecule has 1 N–H and O–H groups in total. The van der Waals surface area contributed by atoms with E-state index in [1.165, 1.54) is 23.3 Å². The minimum Gasteiger partial charge on any atom is -0.465 e. The summed E-state index contributed by atoms with van der Waals surface area (Å²) < 4.78 is 10.1. The summed E-state index contributed by atoms with van der Waals surface area (Å²) in [5.74, 6) is -0.529. The van der Waals surface area contributed by atoms with Crippen molar-refractivity contribution in [3.63, 3.8) is 0 Å². The molecule has 2 heterocycles. The van der Waals surface area contributed by atoms with Gasteiger partial charge in [0, 0.05) is 11.5 Å². The van der Waals surface area contributed by atoms with Gasteiger partial charge in [-0.15, -0.1) is 11.3 Å². The van der Waals surface area contributed by atoms with E-state index in [9.17, 15) is 9.59 Å². The Morgan fingerprint density at radius 1 is 1.33 bits per heavy atom. The second-order valence-corrected chi connectivity index (χ2v) is 6.56. The summed E-state index contributed by atoms with van der Waals surface area (Å²) in [4.78, 5) is 25.5. The molecule has 0 radical (unpaired) electrons. The van der Waals surface area contributed by atoms with Crippen LogP contribution in [0, 0.1) is 5.92 Å². The van der Waals surface area contributed by atoms with E-state index in [0.29, 0.717) is 23.8 Å². The standard InChI is InChI=1S/C15H19NO4S/c1-19-15(18)12-10-4-2-3-5-11(10)21-14(12)16-13(17)9-6-7-20-8-9/h9H,2-8H2,1H3,(H,16,17). The Balaban J connectivity index is 1.88. The topological polar surface area (TPSA) is 64.6 Å². The number of rotatable bonds is 3. The van der Waals surface area contributed by atoms with Gasteiger partial charge in [0.15, 0.2) is 0 Å². The van der Waals surface area contributed by atoms with E-state index in [1.54, 1.807) is 0 Å². The molecular weight excluding hydrogens is 290 g/mol. The highest BCUT2D eigenvalue weighted by Crippen LogP contribution is 2.38. The van der Waals surface area contributed by atoms with Crippen molar-refractivity contribution in [3.05, 3.63) is 16.0 Å². The molecule has 1 aliphatic heterocycles. The van der Waals surface area contributed by atoms with Gasteiger partial charge in [-0.05, 0) is 37.7 Å². The molecule has 1 atom stereocenters. The quantitative estimate of drug-likeness (QED) is 0.871. The van der Waals surface area contributed by atoms with Crippen molar-refractivity contribution in [1.82, 2.24) is 0 Å².